The first-order valence-corrected chi connectivity index (χ1v) is 4.28. The Kier molecular flexibility index (Phi) is 3.83. The van der Waals surface area contributed by atoms with Crippen LogP contribution in [0.2, 0.25) is 0 Å². The van der Waals surface area contributed by atoms with Crippen LogP contribution in [-0.2, 0) is 4.74 Å². The highest BCUT2D eigenvalue weighted by molar-refractivity contribution is 4.79. The Bertz CT molecular complexity index is 102. The van der Waals surface area contributed by atoms with Gasteiger partial charge in [0.05, 0.1) is 6.61 Å². The molecule has 1 rings (SSSR count). The normalized spacial score (nSPS) is 27.3. The predicted octanol–water partition coefficient (Wildman–Crippen LogP) is -0.0272. The second kappa shape index (κ2) is 4.70. The molecule has 1 fully saturated rings. The van der Waals surface area contributed by atoms with Crippen molar-refractivity contribution in [3.8, 4) is 0 Å². The molecule has 0 saturated carbocycles. The molecule has 0 aromatic heterocycles. The maximum Gasteiger partial charge on any atom is 0.0613 e. The molecule has 0 aromatic carbocycles. The maximum atomic E-state index is 5.03. The first-order chi connectivity index (χ1) is 5.33. The molecule has 2 N–H and O–H groups in total. The largest absolute Gasteiger partial charge is 0.383 e. The van der Waals surface area contributed by atoms with Crippen molar-refractivity contribution < 1.29 is 4.74 Å². The third-order valence-corrected chi connectivity index (χ3v) is 2.00. The first-order valence-electron chi connectivity index (χ1n) is 4.28. The van der Waals surface area contributed by atoms with Crippen LogP contribution in [0.3, 0.4) is 0 Å². The fourth-order valence-corrected chi connectivity index (χ4v) is 1.50. The lowest BCUT2D eigenvalue weighted by Gasteiger charge is -2.17. The Morgan fingerprint density at radius 1 is 1.73 bits per heavy atom. The summed E-state index contributed by atoms with van der Waals surface area (Å²) in [4.78, 5) is 0. The van der Waals surface area contributed by atoms with Gasteiger partial charge in [0.15, 0.2) is 0 Å². The topological polar surface area (TPSA) is 33.3 Å². The number of nitrogens with one attached hydrogen (secondary N) is 2. The van der Waals surface area contributed by atoms with E-state index >= 15 is 0 Å². The number of hydrogen-bond donors (Lipinski definition) is 2. The van der Waals surface area contributed by atoms with Crippen molar-refractivity contribution in [3.05, 3.63) is 0 Å². The summed E-state index contributed by atoms with van der Waals surface area (Å²) in [5.74, 6) is 0. The fourth-order valence-electron chi connectivity index (χ4n) is 1.50. The maximum absolute atomic E-state index is 5.03. The molecule has 1 heterocycles. The summed E-state index contributed by atoms with van der Waals surface area (Å²) in [7, 11) is 1.74. The van der Waals surface area contributed by atoms with Crippen molar-refractivity contribution in [1.29, 1.82) is 0 Å². The zero-order valence-electron chi connectivity index (χ0n) is 7.39. The Morgan fingerprint density at radius 3 is 3.09 bits per heavy atom. The van der Waals surface area contributed by atoms with Gasteiger partial charge in [-0.25, -0.2) is 0 Å². The smallest absolute Gasteiger partial charge is 0.0613 e. The van der Waals surface area contributed by atoms with Crippen LogP contribution in [0, 0.1) is 0 Å². The van der Waals surface area contributed by atoms with Crippen molar-refractivity contribution in [2.24, 2.45) is 0 Å². The molecule has 0 aliphatic carbocycles. The summed E-state index contributed by atoms with van der Waals surface area (Å²) < 4.78 is 5.03. The van der Waals surface area contributed by atoms with Gasteiger partial charge in [0.1, 0.15) is 0 Å². The van der Waals surface area contributed by atoms with Gasteiger partial charge in [0.25, 0.3) is 0 Å². The van der Waals surface area contributed by atoms with Gasteiger partial charge in [0.2, 0.25) is 0 Å². The average Bonchev–Trinajstić information content (AvgIpc) is 2.40. The van der Waals surface area contributed by atoms with Gasteiger partial charge in [-0.1, -0.05) is 0 Å². The number of ether oxygens (including phenoxy) is 1. The van der Waals surface area contributed by atoms with Crippen LogP contribution >= 0.6 is 0 Å². The van der Waals surface area contributed by atoms with Crippen LogP contribution in [0.25, 0.3) is 0 Å². The lowest BCUT2D eigenvalue weighted by molar-refractivity contribution is 0.167. The van der Waals surface area contributed by atoms with Crippen molar-refractivity contribution in [2.75, 3.05) is 26.8 Å². The highest BCUT2D eigenvalue weighted by Gasteiger charge is 2.15. The lowest BCUT2D eigenvalue weighted by Crippen LogP contribution is -2.40. The van der Waals surface area contributed by atoms with Crippen molar-refractivity contribution in [3.63, 3.8) is 0 Å². The molecule has 3 heteroatoms. The van der Waals surface area contributed by atoms with Gasteiger partial charge < -0.3 is 15.4 Å². The zero-order valence-corrected chi connectivity index (χ0v) is 7.39. The Morgan fingerprint density at radius 2 is 2.55 bits per heavy atom. The quantitative estimate of drug-likeness (QED) is 0.603. The molecule has 3 nitrogen and oxygen atoms in total. The van der Waals surface area contributed by atoms with E-state index < -0.39 is 0 Å². The van der Waals surface area contributed by atoms with Crippen molar-refractivity contribution in [2.45, 2.75) is 25.4 Å². The zero-order chi connectivity index (χ0) is 8.10. The summed E-state index contributed by atoms with van der Waals surface area (Å²) >= 11 is 0. The van der Waals surface area contributed by atoms with Crippen LogP contribution in [0.15, 0.2) is 0 Å². The molecule has 0 spiro atoms. The predicted molar refractivity (Wildman–Crippen MR) is 45.7 cm³/mol. The molecule has 0 amide bonds. The van der Waals surface area contributed by atoms with Crippen LogP contribution in [0.4, 0.5) is 0 Å². The second-order valence-corrected chi connectivity index (χ2v) is 3.21. The molecule has 11 heavy (non-hydrogen) atoms. The van der Waals surface area contributed by atoms with Crippen molar-refractivity contribution >= 4 is 0 Å². The molecule has 1 aliphatic heterocycles. The second-order valence-electron chi connectivity index (χ2n) is 3.21. The van der Waals surface area contributed by atoms with E-state index in [2.05, 4.69) is 17.6 Å². The standard InChI is InChI=1S/C8H18N2O/c1-7(6-11-2)10-8-3-4-9-5-8/h7-10H,3-6H2,1-2H3/t7?,8-/m0/s1. The summed E-state index contributed by atoms with van der Waals surface area (Å²) in [6, 6.07) is 1.13. The van der Waals surface area contributed by atoms with Crippen LogP contribution < -0.4 is 10.6 Å². The number of rotatable bonds is 4. The van der Waals surface area contributed by atoms with Gasteiger partial charge >= 0.3 is 0 Å². The summed E-state index contributed by atoms with van der Waals surface area (Å²) in [5, 5.41) is 6.81. The summed E-state index contributed by atoms with van der Waals surface area (Å²) in [6.45, 7) is 5.21. The minimum Gasteiger partial charge on any atom is -0.383 e. The number of hydrogen-bond acceptors (Lipinski definition) is 3. The third kappa shape index (κ3) is 3.18. The molecule has 0 radical (unpaired) electrons. The molecular weight excluding hydrogens is 140 g/mol. The van der Waals surface area contributed by atoms with E-state index in [4.69, 9.17) is 4.74 Å². The van der Waals surface area contributed by atoms with E-state index in [-0.39, 0.29) is 0 Å². The van der Waals surface area contributed by atoms with Crippen LogP contribution in [0.5, 0.6) is 0 Å². The van der Waals surface area contributed by atoms with E-state index in [1.54, 1.807) is 7.11 Å². The van der Waals surface area contributed by atoms with Gasteiger partial charge in [-0.05, 0) is 19.9 Å². The minimum absolute atomic E-state index is 0.477. The van der Waals surface area contributed by atoms with E-state index in [1.807, 2.05) is 0 Å². The average molecular weight is 158 g/mol. The highest BCUT2D eigenvalue weighted by atomic mass is 16.5. The Balaban J connectivity index is 2.08. The SMILES string of the molecule is COCC(C)N[C@H]1CCNC1. The van der Waals surface area contributed by atoms with Gasteiger partial charge in [-0.2, -0.15) is 0 Å². The van der Waals surface area contributed by atoms with E-state index in [1.165, 1.54) is 6.42 Å². The Labute approximate surface area is 68.5 Å². The molecule has 1 unspecified atom stereocenters. The lowest BCUT2D eigenvalue weighted by atomic mass is 10.2. The van der Waals surface area contributed by atoms with E-state index in [9.17, 15) is 0 Å². The van der Waals surface area contributed by atoms with Gasteiger partial charge in [0, 0.05) is 25.7 Å². The van der Waals surface area contributed by atoms with Gasteiger partial charge in [-0.15, -0.1) is 0 Å². The Hall–Kier alpha value is -0.120. The molecule has 66 valence electrons. The summed E-state index contributed by atoms with van der Waals surface area (Å²) in [6.07, 6.45) is 1.24. The van der Waals surface area contributed by atoms with E-state index in [0.29, 0.717) is 12.1 Å². The summed E-state index contributed by atoms with van der Waals surface area (Å²) in [5.41, 5.74) is 0. The molecule has 1 aliphatic rings. The monoisotopic (exact) mass is 158 g/mol. The highest BCUT2D eigenvalue weighted by Crippen LogP contribution is 1.98. The van der Waals surface area contributed by atoms with Crippen LogP contribution in [-0.4, -0.2) is 38.9 Å². The molecule has 0 aromatic rings. The third-order valence-electron chi connectivity index (χ3n) is 2.00. The molecular formula is C8H18N2O. The van der Waals surface area contributed by atoms with E-state index in [0.717, 1.165) is 19.7 Å². The van der Waals surface area contributed by atoms with Crippen LogP contribution in [0.1, 0.15) is 13.3 Å². The van der Waals surface area contributed by atoms with Crippen molar-refractivity contribution in [1.82, 2.24) is 10.6 Å². The molecule has 1 saturated heterocycles. The number of methoxy groups -OCH3 is 1. The first kappa shape index (κ1) is 8.97. The molecule has 0 bridgehead atoms. The van der Waals surface area contributed by atoms with Gasteiger partial charge in [-0.3, -0.25) is 0 Å². The minimum atomic E-state index is 0.477. The fraction of sp³-hybridized carbons (Fsp3) is 1.00. The molecule has 2 atom stereocenters.